The van der Waals surface area contributed by atoms with E-state index in [9.17, 15) is 19.2 Å². The number of carbonyl (C=O) groups excluding carboxylic acids is 4. The maximum atomic E-state index is 12.7. The van der Waals surface area contributed by atoms with Gasteiger partial charge in [0.05, 0.1) is 12.0 Å². The van der Waals surface area contributed by atoms with Crippen LogP contribution in [-0.2, 0) is 14.4 Å². The molecule has 1 saturated heterocycles. The molecule has 8 nitrogen and oxygen atoms in total. The van der Waals surface area contributed by atoms with Crippen LogP contribution in [0.3, 0.4) is 0 Å². The van der Waals surface area contributed by atoms with Gasteiger partial charge < -0.3 is 15.4 Å². The fraction of sp³-hybridized carbons (Fsp3) is 0.360. The number of carbonyl (C=O) groups is 4. The molecular weight excluding hydrogens is 422 g/mol. The molecule has 1 heterocycles. The average Bonchev–Trinajstić information content (AvgIpc) is 3.36. The highest BCUT2D eigenvalue weighted by Gasteiger charge is 2.52. The van der Waals surface area contributed by atoms with Crippen molar-refractivity contribution in [2.45, 2.75) is 39.0 Å². The zero-order chi connectivity index (χ0) is 23.4. The predicted octanol–water partition coefficient (Wildman–Crippen LogP) is 3.60. The zero-order valence-corrected chi connectivity index (χ0v) is 18.6. The molecule has 0 unspecified atom stereocenters. The number of hydrogen-bond acceptors (Lipinski definition) is 5. The summed E-state index contributed by atoms with van der Waals surface area (Å²) < 4.78 is 5.39. The molecule has 8 heteroatoms. The number of ether oxygens (including phenoxy) is 1. The fourth-order valence-electron chi connectivity index (χ4n) is 4.52. The van der Waals surface area contributed by atoms with Crippen LogP contribution in [0.2, 0.25) is 0 Å². The van der Waals surface area contributed by atoms with E-state index in [0.717, 1.165) is 36.3 Å². The van der Waals surface area contributed by atoms with Crippen LogP contribution in [-0.4, -0.2) is 41.7 Å². The summed E-state index contributed by atoms with van der Waals surface area (Å²) in [5, 5.41) is 5.50. The molecule has 1 aliphatic carbocycles. The number of anilines is 2. The quantitative estimate of drug-likeness (QED) is 0.629. The first kappa shape index (κ1) is 22.5. The van der Waals surface area contributed by atoms with E-state index in [0.29, 0.717) is 23.5 Å². The van der Waals surface area contributed by atoms with E-state index in [1.807, 2.05) is 6.92 Å². The lowest BCUT2D eigenvalue weighted by Gasteiger charge is -2.20. The third-order valence-electron chi connectivity index (χ3n) is 6.21. The van der Waals surface area contributed by atoms with Gasteiger partial charge in [0.15, 0.2) is 0 Å². The van der Waals surface area contributed by atoms with Gasteiger partial charge in [0.25, 0.3) is 5.91 Å². The minimum atomic E-state index is -0.588. The summed E-state index contributed by atoms with van der Waals surface area (Å²) in [6.07, 6.45) is 3.53. The summed E-state index contributed by atoms with van der Waals surface area (Å²) in [7, 11) is 0. The van der Waals surface area contributed by atoms with Crippen LogP contribution in [0.25, 0.3) is 0 Å². The van der Waals surface area contributed by atoms with Gasteiger partial charge in [-0.05, 0) is 68.3 Å². The summed E-state index contributed by atoms with van der Waals surface area (Å²) in [6, 6.07) is 13.5. The van der Waals surface area contributed by atoms with Gasteiger partial charge in [0.1, 0.15) is 12.3 Å². The van der Waals surface area contributed by atoms with Crippen LogP contribution in [0.5, 0.6) is 5.75 Å². The van der Waals surface area contributed by atoms with Gasteiger partial charge in [0.2, 0.25) is 17.7 Å². The molecule has 4 amide bonds. The number of rotatable bonds is 7. The second kappa shape index (κ2) is 9.44. The van der Waals surface area contributed by atoms with Crippen molar-refractivity contribution in [3.05, 3.63) is 54.1 Å². The van der Waals surface area contributed by atoms with Crippen molar-refractivity contribution in [3.63, 3.8) is 0 Å². The summed E-state index contributed by atoms with van der Waals surface area (Å²) in [5.74, 6) is -0.503. The minimum absolute atomic E-state index is 0.206. The van der Waals surface area contributed by atoms with E-state index < -0.39 is 11.3 Å². The van der Waals surface area contributed by atoms with Crippen LogP contribution >= 0.6 is 0 Å². The molecule has 33 heavy (non-hydrogen) atoms. The lowest BCUT2D eigenvalue weighted by molar-refractivity contribution is -0.143. The molecule has 0 aromatic heterocycles. The first-order chi connectivity index (χ1) is 15.9. The van der Waals surface area contributed by atoms with Crippen molar-refractivity contribution in [3.8, 4) is 5.75 Å². The Morgan fingerprint density at radius 3 is 2.18 bits per heavy atom. The van der Waals surface area contributed by atoms with Gasteiger partial charge in [-0.2, -0.15) is 0 Å². The first-order valence-electron chi connectivity index (χ1n) is 11.2. The van der Waals surface area contributed by atoms with Crippen LogP contribution in [0, 0.1) is 5.41 Å². The van der Waals surface area contributed by atoms with E-state index in [2.05, 4.69) is 10.6 Å². The Hall–Kier alpha value is -3.68. The van der Waals surface area contributed by atoms with E-state index in [4.69, 9.17) is 4.74 Å². The molecule has 2 aliphatic rings. The summed E-state index contributed by atoms with van der Waals surface area (Å²) >= 11 is 0. The van der Waals surface area contributed by atoms with Gasteiger partial charge in [-0.15, -0.1) is 0 Å². The summed E-state index contributed by atoms with van der Waals surface area (Å²) in [6.45, 7) is 2.18. The number of amides is 4. The van der Waals surface area contributed by atoms with E-state index in [1.54, 1.807) is 48.5 Å². The largest absolute Gasteiger partial charge is 0.494 e. The standard InChI is InChI=1S/C25H27N3O5/c1-2-33-20-11-9-19(10-12-20)27-23(31)17-5-7-18(8-6-17)26-21(29)16-28-22(30)15-25(24(28)32)13-3-4-14-25/h5-12H,2-4,13-16H2,1H3,(H,26,29)(H,27,31). The van der Waals surface area contributed by atoms with E-state index in [1.165, 1.54) is 0 Å². The van der Waals surface area contributed by atoms with Crippen LogP contribution < -0.4 is 15.4 Å². The Kier molecular flexibility index (Phi) is 6.44. The number of likely N-dealkylation sites (tertiary alicyclic amines) is 1. The molecule has 1 spiro atoms. The molecule has 0 bridgehead atoms. The van der Waals surface area contributed by atoms with Crippen LogP contribution in [0.15, 0.2) is 48.5 Å². The second-order valence-corrected chi connectivity index (χ2v) is 8.49. The average molecular weight is 450 g/mol. The lowest BCUT2D eigenvalue weighted by Crippen LogP contribution is -2.39. The van der Waals surface area contributed by atoms with Gasteiger partial charge in [-0.25, -0.2) is 0 Å². The van der Waals surface area contributed by atoms with Gasteiger partial charge in [-0.3, -0.25) is 24.1 Å². The van der Waals surface area contributed by atoms with Crippen molar-refractivity contribution >= 4 is 35.0 Å². The Labute approximate surface area is 192 Å². The molecule has 1 aliphatic heterocycles. The SMILES string of the molecule is CCOc1ccc(NC(=O)c2ccc(NC(=O)CN3C(=O)CC4(CCCC4)C3=O)cc2)cc1. The molecular formula is C25H27N3O5. The molecule has 2 aromatic rings. The van der Waals surface area contributed by atoms with Crippen molar-refractivity contribution in [1.82, 2.24) is 4.90 Å². The fourth-order valence-corrected chi connectivity index (χ4v) is 4.52. The van der Waals surface area contributed by atoms with Gasteiger partial charge in [-0.1, -0.05) is 12.8 Å². The summed E-state index contributed by atoms with van der Waals surface area (Å²) in [4.78, 5) is 51.1. The smallest absolute Gasteiger partial charge is 0.255 e. The molecule has 0 atom stereocenters. The van der Waals surface area contributed by atoms with Gasteiger partial charge in [0, 0.05) is 23.4 Å². The van der Waals surface area contributed by atoms with Crippen molar-refractivity contribution in [1.29, 1.82) is 0 Å². The third-order valence-corrected chi connectivity index (χ3v) is 6.21. The minimum Gasteiger partial charge on any atom is -0.494 e. The van der Waals surface area contributed by atoms with E-state index >= 15 is 0 Å². The molecule has 0 radical (unpaired) electrons. The molecule has 2 fully saturated rings. The van der Waals surface area contributed by atoms with Crippen molar-refractivity contribution < 1.29 is 23.9 Å². The second-order valence-electron chi connectivity index (χ2n) is 8.49. The molecule has 172 valence electrons. The lowest BCUT2D eigenvalue weighted by atomic mass is 9.84. The zero-order valence-electron chi connectivity index (χ0n) is 18.6. The van der Waals surface area contributed by atoms with E-state index in [-0.39, 0.29) is 30.7 Å². The Bertz CT molecular complexity index is 1060. The number of nitrogens with one attached hydrogen (secondary N) is 2. The normalized spacial score (nSPS) is 16.8. The molecule has 2 N–H and O–H groups in total. The van der Waals surface area contributed by atoms with Crippen LogP contribution in [0.4, 0.5) is 11.4 Å². The maximum absolute atomic E-state index is 12.7. The topological polar surface area (TPSA) is 105 Å². The number of nitrogens with zero attached hydrogens (tertiary/aromatic N) is 1. The molecule has 1 saturated carbocycles. The number of benzene rings is 2. The molecule has 2 aromatic carbocycles. The number of imide groups is 1. The summed E-state index contributed by atoms with van der Waals surface area (Å²) in [5.41, 5.74) is 0.957. The first-order valence-corrected chi connectivity index (χ1v) is 11.2. The highest BCUT2D eigenvalue weighted by atomic mass is 16.5. The van der Waals surface area contributed by atoms with Crippen LogP contribution in [0.1, 0.15) is 49.4 Å². The van der Waals surface area contributed by atoms with Gasteiger partial charge >= 0.3 is 0 Å². The molecule has 4 rings (SSSR count). The third kappa shape index (κ3) is 4.89. The van der Waals surface area contributed by atoms with Crippen molar-refractivity contribution in [2.24, 2.45) is 5.41 Å². The number of hydrogen-bond donors (Lipinski definition) is 2. The monoisotopic (exact) mass is 449 g/mol. The predicted molar refractivity (Wildman–Crippen MR) is 123 cm³/mol. The van der Waals surface area contributed by atoms with Crippen molar-refractivity contribution in [2.75, 3.05) is 23.8 Å². The Morgan fingerprint density at radius 2 is 1.55 bits per heavy atom. The highest BCUT2D eigenvalue weighted by Crippen LogP contribution is 2.46. The Morgan fingerprint density at radius 1 is 0.939 bits per heavy atom. The maximum Gasteiger partial charge on any atom is 0.255 e. The Balaban J connectivity index is 1.31. The highest BCUT2D eigenvalue weighted by molar-refractivity contribution is 6.09.